The second kappa shape index (κ2) is 6.53. The van der Waals surface area contributed by atoms with Gasteiger partial charge in [-0.1, -0.05) is 36.4 Å². The van der Waals surface area contributed by atoms with Gasteiger partial charge in [-0.25, -0.2) is 4.98 Å². The van der Waals surface area contributed by atoms with Gasteiger partial charge in [-0.05, 0) is 18.1 Å². The van der Waals surface area contributed by atoms with Crippen LogP contribution in [0.5, 0.6) is 0 Å². The minimum absolute atomic E-state index is 0.434. The summed E-state index contributed by atoms with van der Waals surface area (Å²) in [5, 5.41) is 8.88. The van der Waals surface area contributed by atoms with E-state index in [4.69, 9.17) is 10.00 Å². The van der Waals surface area contributed by atoms with Crippen molar-refractivity contribution in [3.8, 4) is 6.07 Å². The molecule has 0 saturated carbocycles. The molecule has 0 aliphatic rings. The molecule has 0 fully saturated rings. The van der Waals surface area contributed by atoms with Crippen LogP contribution in [0, 0.1) is 11.3 Å². The lowest BCUT2D eigenvalue weighted by atomic mass is 10.2. The number of nitrogens with zero attached hydrogens (tertiary/aromatic N) is 2. The summed E-state index contributed by atoms with van der Waals surface area (Å²) in [6.07, 6.45) is 2.50. The highest BCUT2D eigenvalue weighted by Gasteiger charge is 2.01. The first kappa shape index (κ1) is 12.3. The van der Waals surface area contributed by atoms with Crippen molar-refractivity contribution in [3.63, 3.8) is 0 Å². The van der Waals surface area contributed by atoms with E-state index in [1.165, 1.54) is 5.56 Å². The van der Waals surface area contributed by atoms with Crippen molar-refractivity contribution < 1.29 is 4.74 Å². The summed E-state index contributed by atoms with van der Waals surface area (Å²) >= 11 is 0. The lowest BCUT2D eigenvalue weighted by Crippen LogP contribution is -2.01. The van der Waals surface area contributed by atoms with Crippen molar-refractivity contribution in [3.05, 3.63) is 65.5 Å². The van der Waals surface area contributed by atoms with E-state index in [1.54, 1.807) is 6.20 Å². The predicted molar refractivity (Wildman–Crippen MR) is 68.8 cm³/mol. The highest BCUT2D eigenvalue weighted by atomic mass is 16.5. The first-order valence-electron chi connectivity index (χ1n) is 5.86. The summed E-state index contributed by atoms with van der Waals surface area (Å²) in [4.78, 5) is 3.99. The third kappa shape index (κ3) is 3.41. The van der Waals surface area contributed by atoms with E-state index in [2.05, 4.69) is 23.2 Å². The Morgan fingerprint density at radius 3 is 2.72 bits per heavy atom. The van der Waals surface area contributed by atoms with E-state index < -0.39 is 0 Å². The molecule has 0 bridgehead atoms. The van der Waals surface area contributed by atoms with Crippen molar-refractivity contribution in [2.45, 2.75) is 13.0 Å². The number of aromatic nitrogens is 1. The van der Waals surface area contributed by atoms with Gasteiger partial charge >= 0.3 is 0 Å². The highest BCUT2D eigenvalue weighted by Crippen LogP contribution is 2.06. The van der Waals surface area contributed by atoms with Crippen molar-refractivity contribution in [1.82, 2.24) is 4.98 Å². The summed E-state index contributed by atoms with van der Waals surface area (Å²) in [7, 11) is 0. The van der Waals surface area contributed by atoms with Gasteiger partial charge in [0.25, 0.3) is 0 Å². The van der Waals surface area contributed by atoms with Gasteiger partial charge in [0.05, 0.1) is 13.2 Å². The first-order valence-corrected chi connectivity index (χ1v) is 5.86. The number of pyridine rings is 1. The van der Waals surface area contributed by atoms with Crippen LogP contribution in [-0.2, 0) is 17.8 Å². The Balaban J connectivity index is 1.81. The van der Waals surface area contributed by atoms with Crippen molar-refractivity contribution >= 4 is 0 Å². The molecule has 18 heavy (non-hydrogen) atoms. The van der Waals surface area contributed by atoms with Crippen LogP contribution in [0.15, 0.2) is 48.7 Å². The molecule has 0 aliphatic heterocycles. The number of hydrogen-bond acceptors (Lipinski definition) is 3. The lowest BCUT2D eigenvalue weighted by Gasteiger charge is -2.05. The normalized spacial score (nSPS) is 9.94. The molecule has 0 spiro atoms. The molecule has 0 N–H and O–H groups in total. The Kier molecular flexibility index (Phi) is 4.46. The van der Waals surface area contributed by atoms with Gasteiger partial charge in [0, 0.05) is 11.8 Å². The maximum Gasteiger partial charge on any atom is 0.145 e. The average Bonchev–Trinajstić information content (AvgIpc) is 2.45. The zero-order valence-electron chi connectivity index (χ0n) is 10.0. The van der Waals surface area contributed by atoms with Gasteiger partial charge in [0.1, 0.15) is 11.8 Å². The standard InChI is InChI=1S/C15H14N2O/c16-11-15-14(7-4-9-17-15)12-18-10-8-13-5-2-1-3-6-13/h1-7,9H,8,10,12H2. The van der Waals surface area contributed by atoms with E-state index in [1.807, 2.05) is 30.3 Å². The summed E-state index contributed by atoms with van der Waals surface area (Å²) < 4.78 is 5.58. The maximum atomic E-state index is 8.88. The molecule has 3 heteroatoms. The topological polar surface area (TPSA) is 45.9 Å². The fraction of sp³-hybridized carbons (Fsp3) is 0.200. The molecule has 0 atom stereocenters. The van der Waals surface area contributed by atoms with E-state index in [-0.39, 0.29) is 0 Å². The van der Waals surface area contributed by atoms with Gasteiger partial charge in [0.15, 0.2) is 0 Å². The van der Waals surface area contributed by atoms with Gasteiger partial charge in [-0.2, -0.15) is 5.26 Å². The predicted octanol–water partition coefficient (Wildman–Crippen LogP) is 2.71. The number of rotatable bonds is 5. The Bertz CT molecular complexity index is 532. The van der Waals surface area contributed by atoms with Crippen LogP contribution in [0.25, 0.3) is 0 Å². The Hall–Kier alpha value is -2.18. The molecule has 0 amide bonds. The van der Waals surface area contributed by atoms with Crippen LogP contribution in [0.4, 0.5) is 0 Å². The van der Waals surface area contributed by atoms with Crippen molar-refractivity contribution in [2.75, 3.05) is 6.61 Å². The molecule has 2 rings (SSSR count). The monoisotopic (exact) mass is 238 g/mol. The molecular formula is C15H14N2O. The van der Waals surface area contributed by atoms with Gasteiger partial charge in [0.2, 0.25) is 0 Å². The average molecular weight is 238 g/mol. The second-order valence-electron chi connectivity index (χ2n) is 3.91. The quantitative estimate of drug-likeness (QED) is 0.752. The molecule has 0 radical (unpaired) electrons. The number of benzene rings is 1. The lowest BCUT2D eigenvalue weighted by molar-refractivity contribution is 0.123. The third-order valence-electron chi connectivity index (χ3n) is 2.63. The number of hydrogen-bond donors (Lipinski definition) is 0. The summed E-state index contributed by atoms with van der Waals surface area (Å²) in [6, 6.07) is 15.9. The zero-order valence-corrected chi connectivity index (χ0v) is 10.0. The Morgan fingerprint density at radius 2 is 1.94 bits per heavy atom. The van der Waals surface area contributed by atoms with Crippen molar-refractivity contribution in [2.24, 2.45) is 0 Å². The largest absolute Gasteiger partial charge is 0.376 e. The number of nitriles is 1. The molecule has 1 aromatic heterocycles. The van der Waals surface area contributed by atoms with Gasteiger partial charge in [-0.15, -0.1) is 0 Å². The van der Waals surface area contributed by atoms with Crippen LogP contribution in [-0.4, -0.2) is 11.6 Å². The molecular weight excluding hydrogens is 224 g/mol. The van der Waals surface area contributed by atoms with E-state index in [9.17, 15) is 0 Å². The van der Waals surface area contributed by atoms with Crippen LogP contribution in [0.3, 0.4) is 0 Å². The van der Waals surface area contributed by atoms with Gasteiger partial charge < -0.3 is 4.74 Å². The van der Waals surface area contributed by atoms with Crippen LogP contribution in [0.1, 0.15) is 16.8 Å². The van der Waals surface area contributed by atoms with Gasteiger partial charge in [-0.3, -0.25) is 0 Å². The number of ether oxygens (including phenoxy) is 1. The summed E-state index contributed by atoms with van der Waals surface area (Å²) in [6.45, 7) is 1.08. The molecule has 0 aliphatic carbocycles. The molecule has 1 aromatic carbocycles. The summed E-state index contributed by atoms with van der Waals surface area (Å²) in [5.41, 5.74) is 2.54. The van der Waals surface area contributed by atoms with Crippen molar-refractivity contribution in [1.29, 1.82) is 5.26 Å². The SMILES string of the molecule is N#Cc1ncccc1COCCc1ccccc1. The highest BCUT2D eigenvalue weighted by molar-refractivity contribution is 5.29. The van der Waals surface area contributed by atoms with Crippen LogP contribution in [0.2, 0.25) is 0 Å². The van der Waals surface area contributed by atoms with E-state index in [0.29, 0.717) is 18.9 Å². The van der Waals surface area contributed by atoms with E-state index in [0.717, 1.165) is 12.0 Å². The second-order valence-corrected chi connectivity index (χ2v) is 3.91. The summed E-state index contributed by atoms with van der Waals surface area (Å²) in [5.74, 6) is 0. The Labute approximate surface area is 107 Å². The van der Waals surface area contributed by atoms with Crippen LogP contribution < -0.4 is 0 Å². The van der Waals surface area contributed by atoms with Crippen LogP contribution >= 0.6 is 0 Å². The maximum absolute atomic E-state index is 8.88. The Morgan fingerprint density at radius 1 is 1.11 bits per heavy atom. The van der Waals surface area contributed by atoms with E-state index >= 15 is 0 Å². The zero-order chi connectivity index (χ0) is 12.6. The third-order valence-corrected chi connectivity index (χ3v) is 2.63. The molecule has 2 aromatic rings. The smallest absolute Gasteiger partial charge is 0.145 e. The fourth-order valence-electron chi connectivity index (χ4n) is 1.67. The molecule has 1 heterocycles. The molecule has 90 valence electrons. The first-order chi connectivity index (χ1) is 8.90. The minimum Gasteiger partial charge on any atom is -0.376 e. The molecule has 0 unspecified atom stereocenters. The fourth-order valence-corrected chi connectivity index (χ4v) is 1.67. The minimum atomic E-state index is 0.434. The molecule has 3 nitrogen and oxygen atoms in total. The molecule has 0 saturated heterocycles.